The fourth-order valence-electron chi connectivity index (χ4n) is 2.32. The number of carbonyl (C=O) groups is 1. The Morgan fingerprint density at radius 3 is 2.83 bits per heavy atom. The van der Waals surface area contributed by atoms with Gasteiger partial charge in [-0.05, 0) is 25.8 Å². The number of rotatable bonds is 3. The van der Waals surface area contributed by atoms with Crippen LogP contribution in [0.25, 0.3) is 0 Å². The number of nitrogens with zero attached hydrogens (tertiary/aromatic N) is 1. The first kappa shape index (κ1) is 13.1. The van der Waals surface area contributed by atoms with Crippen molar-refractivity contribution in [2.45, 2.75) is 30.7 Å². The zero-order valence-electron chi connectivity index (χ0n) is 9.94. The summed E-state index contributed by atoms with van der Waals surface area (Å²) >= 11 is 0. The van der Waals surface area contributed by atoms with Gasteiger partial charge in [-0.1, -0.05) is 0 Å². The minimum atomic E-state index is -3.66. The molecule has 0 aliphatic carbocycles. The fourth-order valence-corrected chi connectivity index (χ4v) is 3.95. The highest BCUT2D eigenvalue weighted by molar-refractivity contribution is 7.89. The van der Waals surface area contributed by atoms with Crippen molar-refractivity contribution >= 4 is 16.0 Å². The summed E-state index contributed by atoms with van der Waals surface area (Å²) in [7, 11) is -3.66. The number of sulfonamides is 1. The second kappa shape index (κ2) is 4.74. The van der Waals surface area contributed by atoms with Gasteiger partial charge in [0.15, 0.2) is 0 Å². The number of aliphatic carboxylic acids is 1. The molecule has 0 radical (unpaired) electrons. The van der Waals surface area contributed by atoms with Crippen LogP contribution in [0.1, 0.15) is 19.8 Å². The fraction of sp³-hybridized carbons (Fsp3) is 0.545. The molecule has 0 unspecified atom stereocenters. The standard InChI is InChI=1S/C11H15NO5S/c1-8-10(11(13)14)3-2-5-12(8)18(15,16)9-4-6-17-7-9/h4,6-8,10H,2-3,5H2,1H3,(H,13,14)/t8-,10-/m1/s1. The van der Waals surface area contributed by atoms with Gasteiger partial charge in [-0.3, -0.25) is 4.79 Å². The van der Waals surface area contributed by atoms with E-state index in [-0.39, 0.29) is 4.90 Å². The lowest BCUT2D eigenvalue weighted by molar-refractivity contribution is -0.144. The SMILES string of the molecule is C[C@@H]1[C@H](C(=O)O)CCCN1S(=O)(=O)c1ccoc1. The third kappa shape index (κ3) is 2.15. The van der Waals surface area contributed by atoms with Crippen LogP contribution in [-0.4, -0.2) is 36.4 Å². The average molecular weight is 273 g/mol. The number of furan rings is 1. The first-order valence-electron chi connectivity index (χ1n) is 5.71. The Morgan fingerprint density at radius 1 is 1.56 bits per heavy atom. The maximum Gasteiger partial charge on any atom is 0.308 e. The summed E-state index contributed by atoms with van der Waals surface area (Å²) in [6.45, 7) is 1.98. The topological polar surface area (TPSA) is 87.8 Å². The summed E-state index contributed by atoms with van der Waals surface area (Å²) in [6.07, 6.45) is 3.51. The maximum atomic E-state index is 12.3. The zero-order chi connectivity index (χ0) is 13.3. The second-order valence-electron chi connectivity index (χ2n) is 4.40. The summed E-state index contributed by atoms with van der Waals surface area (Å²) < 4.78 is 30.6. The van der Waals surface area contributed by atoms with Gasteiger partial charge in [0, 0.05) is 12.6 Å². The molecule has 1 N–H and O–H groups in total. The summed E-state index contributed by atoms with van der Waals surface area (Å²) in [5.41, 5.74) is 0. The smallest absolute Gasteiger partial charge is 0.308 e. The third-order valence-corrected chi connectivity index (χ3v) is 5.31. The monoisotopic (exact) mass is 273 g/mol. The van der Waals surface area contributed by atoms with E-state index in [9.17, 15) is 13.2 Å². The van der Waals surface area contributed by atoms with Crippen LogP contribution in [0.3, 0.4) is 0 Å². The van der Waals surface area contributed by atoms with Gasteiger partial charge in [0.1, 0.15) is 11.2 Å². The predicted octanol–water partition coefficient (Wildman–Crippen LogP) is 1.15. The highest BCUT2D eigenvalue weighted by atomic mass is 32.2. The van der Waals surface area contributed by atoms with E-state index >= 15 is 0 Å². The molecule has 1 aromatic rings. The summed E-state index contributed by atoms with van der Waals surface area (Å²) in [4.78, 5) is 11.2. The van der Waals surface area contributed by atoms with Crippen LogP contribution < -0.4 is 0 Å². The van der Waals surface area contributed by atoms with Crippen molar-refractivity contribution < 1.29 is 22.7 Å². The first-order valence-corrected chi connectivity index (χ1v) is 7.15. The third-order valence-electron chi connectivity index (χ3n) is 3.35. The molecule has 100 valence electrons. The zero-order valence-corrected chi connectivity index (χ0v) is 10.8. The number of hydrogen-bond acceptors (Lipinski definition) is 4. The quantitative estimate of drug-likeness (QED) is 0.892. The minimum absolute atomic E-state index is 0.0698. The molecule has 1 aliphatic rings. The molecule has 1 aliphatic heterocycles. The lowest BCUT2D eigenvalue weighted by Gasteiger charge is -2.35. The van der Waals surface area contributed by atoms with Crippen molar-refractivity contribution in [1.82, 2.24) is 4.31 Å². The van der Waals surface area contributed by atoms with Gasteiger partial charge >= 0.3 is 5.97 Å². The molecule has 0 amide bonds. The van der Waals surface area contributed by atoms with Crippen molar-refractivity contribution in [3.63, 3.8) is 0 Å². The first-order chi connectivity index (χ1) is 8.44. The molecule has 2 rings (SSSR count). The molecule has 0 bridgehead atoms. The molecule has 0 saturated carbocycles. The Kier molecular flexibility index (Phi) is 3.45. The van der Waals surface area contributed by atoms with E-state index in [4.69, 9.17) is 9.52 Å². The van der Waals surface area contributed by atoms with Crippen LogP contribution in [-0.2, 0) is 14.8 Å². The molecular weight excluding hydrogens is 258 g/mol. The number of hydrogen-bond donors (Lipinski definition) is 1. The van der Waals surface area contributed by atoms with Crippen molar-refractivity contribution in [3.05, 3.63) is 18.6 Å². The van der Waals surface area contributed by atoms with Gasteiger partial charge in [-0.15, -0.1) is 0 Å². The lowest BCUT2D eigenvalue weighted by Crippen LogP contribution is -2.48. The number of carboxylic acids is 1. The molecule has 1 fully saturated rings. The van der Waals surface area contributed by atoms with Crippen LogP contribution in [0.15, 0.2) is 27.9 Å². The number of carboxylic acid groups (broad SMARTS) is 1. The largest absolute Gasteiger partial charge is 0.481 e. The van der Waals surface area contributed by atoms with Gasteiger partial charge in [0.05, 0.1) is 12.2 Å². The molecule has 18 heavy (non-hydrogen) atoms. The van der Waals surface area contributed by atoms with Gasteiger partial charge in [-0.25, -0.2) is 8.42 Å². The van der Waals surface area contributed by atoms with E-state index in [1.807, 2.05) is 0 Å². The molecular formula is C11H15NO5S. The predicted molar refractivity (Wildman–Crippen MR) is 62.4 cm³/mol. The van der Waals surface area contributed by atoms with Crippen molar-refractivity contribution in [2.24, 2.45) is 5.92 Å². The molecule has 7 heteroatoms. The molecule has 2 heterocycles. The van der Waals surface area contributed by atoms with Crippen LogP contribution in [0, 0.1) is 5.92 Å². The van der Waals surface area contributed by atoms with Crippen LogP contribution >= 0.6 is 0 Å². The van der Waals surface area contributed by atoms with Gasteiger partial charge in [0.25, 0.3) is 0 Å². The Bertz CT molecular complexity index is 522. The van der Waals surface area contributed by atoms with Crippen molar-refractivity contribution in [2.75, 3.05) is 6.54 Å². The molecule has 1 saturated heterocycles. The van der Waals surface area contributed by atoms with E-state index in [1.54, 1.807) is 6.92 Å². The van der Waals surface area contributed by atoms with Gasteiger partial charge in [0.2, 0.25) is 10.0 Å². The van der Waals surface area contributed by atoms with E-state index in [0.717, 1.165) is 6.26 Å². The number of piperidine rings is 1. The van der Waals surface area contributed by atoms with Crippen LogP contribution in [0.2, 0.25) is 0 Å². The summed E-state index contributed by atoms with van der Waals surface area (Å²) in [6, 6.07) is 0.822. The normalized spacial score (nSPS) is 26.1. The van der Waals surface area contributed by atoms with Crippen LogP contribution in [0.5, 0.6) is 0 Å². The van der Waals surface area contributed by atoms with E-state index in [0.29, 0.717) is 19.4 Å². The lowest BCUT2D eigenvalue weighted by atomic mass is 9.92. The summed E-state index contributed by atoms with van der Waals surface area (Å²) in [5, 5.41) is 9.08. The highest BCUT2D eigenvalue weighted by Crippen LogP contribution is 2.29. The molecule has 0 spiro atoms. The Hall–Kier alpha value is -1.34. The minimum Gasteiger partial charge on any atom is -0.481 e. The van der Waals surface area contributed by atoms with E-state index in [2.05, 4.69) is 0 Å². The van der Waals surface area contributed by atoms with Gasteiger partial charge < -0.3 is 9.52 Å². The Labute approximate surface area is 105 Å². The average Bonchev–Trinajstić information content (AvgIpc) is 2.82. The van der Waals surface area contributed by atoms with E-state index in [1.165, 1.54) is 16.6 Å². The highest BCUT2D eigenvalue weighted by Gasteiger charge is 2.39. The second-order valence-corrected chi connectivity index (χ2v) is 6.29. The Balaban J connectivity index is 2.30. The molecule has 2 atom stereocenters. The molecule has 6 nitrogen and oxygen atoms in total. The van der Waals surface area contributed by atoms with Crippen molar-refractivity contribution in [1.29, 1.82) is 0 Å². The van der Waals surface area contributed by atoms with Crippen LogP contribution in [0.4, 0.5) is 0 Å². The van der Waals surface area contributed by atoms with Gasteiger partial charge in [-0.2, -0.15) is 4.31 Å². The Morgan fingerprint density at radius 2 is 2.28 bits per heavy atom. The molecule has 0 aromatic carbocycles. The maximum absolute atomic E-state index is 12.3. The molecule has 1 aromatic heterocycles. The van der Waals surface area contributed by atoms with E-state index < -0.39 is 28.0 Å². The summed E-state index contributed by atoms with van der Waals surface area (Å²) in [5.74, 6) is -1.60. The van der Waals surface area contributed by atoms with Crippen molar-refractivity contribution in [3.8, 4) is 0 Å².